The molecule has 5 rings (SSSR count). The maximum atomic E-state index is 13.2. The fourth-order valence-corrected chi connectivity index (χ4v) is 4.60. The third kappa shape index (κ3) is 4.95. The van der Waals surface area contributed by atoms with Gasteiger partial charge in [-0.15, -0.1) is 0 Å². The summed E-state index contributed by atoms with van der Waals surface area (Å²) in [4.78, 5) is 30.0. The third-order valence-corrected chi connectivity index (χ3v) is 6.53. The highest BCUT2D eigenvalue weighted by Crippen LogP contribution is 2.31. The highest BCUT2D eigenvalue weighted by atomic mass is 16.5. The molecule has 0 spiro atoms. The molecule has 0 radical (unpaired) electrons. The first-order chi connectivity index (χ1) is 16.7. The summed E-state index contributed by atoms with van der Waals surface area (Å²) in [5, 5.41) is 0. The molecule has 0 aliphatic carbocycles. The number of carbonyl (C=O) groups excluding carboxylic acids is 2. The lowest BCUT2D eigenvalue weighted by Crippen LogP contribution is -2.48. The Labute approximate surface area is 200 Å². The van der Waals surface area contributed by atoms with Gasteiger partial charge in [0.05, 0.1) is 5.56 Å². The standard InChI is InChI=1S/C29H28N2O3/c32-28(31-18-16-30(17-19-31)15-7-10-22-8-3-1-4-9-22)24-13-14-26-25(20-24)21-27(34-29(26)33)23-11-5-2-6-12-23/h1-14,20,27H,15-19,21H2/b10-7+. The topological polar surface area (TPSA) is 49.9 Å². The lowest BCUT2D eigenvalue weighted by atomic mass is 9.93. The summed E-state index contributed by atoms with van der Waals surface area (Å²) in [7, 11) is 0. The Bertz CT molecular complexity index is 1180. The smallest absolute Gasteiger partial charge is 0.339 e. The number of benzene rings is 3. The molecule has 0 N–H and O–H groups in total. The van der Waals surface area contributed by atoms with E-state index in [9.17, 15) is 9.59 Å². The second kappa shape index (κ2) is 10.1. The van der Waals surface area contributed by atoms with Gasteiger partial charge in [-0.25, -0.2) is 4.79 Å². The fraction of sp³-hybridized carbons (Fsp3) is 0.241. The van der Waals surface area contributed by atoms with Gasteiger partial charge in [0.2, 0.25) is 0 Å². The summed E-state index contributed by atoms with van der Waals surface area (Å²) >= 11 is 0. The second-order valence-electron chi connectivity index (χ2n) is 8.79. The molecule has 1 unspecified atom stereocenters. The summed E-state index contributed by atoms with van der Waals surface area (Å²) < 4.78 is 5.64. The zero-order chi connectivity index (χ0) is 23.3. The molecular formula is C29H28N2O3. The van der Waals surface area contributed by atoms with E-state index in [0.717, 1.165) is 30.8 Å². The van der Waals surface area contributed by atoms with Crippen molar-refractivity contribution in [2.45, 2.75) is 12.5 Å². The first-order valence-corrected chi connectivity index (χ1v) is 11.8. The van der Waals surface area contributed by atoms with Gasteiger partial charge in [0.25, 0.3) is 5.91 Å². The van der Waals surface area contributed by atoms with Crippen molar-refractivity contribution in [3.63, 3.8) is 0 Å². The summed E-state index contributed by atoms with van der Waals surface area (Å²) in [6.45, 7) is 3.96. The molecule has 0 bridgehead atoms. The van der Waals surface area contributed by atoms with E-state index in [1.54, 1.807) is 12.1 Å². The van der Waals surface area contributed by atoms with Gasteiger partial charge < -0.3 is 9.64 Å². The number of fused-ring (bicyclic) bond motifs is 1. The number of amides is 1. The number of cyclic esters (lactones) is 1. The van der Waals surface area contributed by atoms with Gasteiger partial charge in [0.15, 0.2) is 0 Å². The number of ether oxygens (including phenoxy) is 1. The molecule has 172 valence electrons. The van der Waals surface area contributed by atoms with Crippen LogP contribution in [0, 0.1) is 0 Å². The molecule has 3 aromatic rings. The van der Waals surface area contributed by atoms with Crippen molar-refractivity contribution >= 4 is 18.0 Å². The molecule has 0 saturated carbocycles. The molecule has 0 aromatic heterocycles. The molecule has 1 saturated heterocycles. The number of rotatable bonds is 5. The van der Waals surface area contributed by atoms with E-state index in [2.05, 4.69) is 29.2 Å². The minimum Gasteiger partial charge on any atom is -0.454 e. The normalized spacial score (nSPS) is 18.5. The van der Waals surface area contributed by atoms with Crippen molar-refractivity contribution in [1.29, 1.82) is 0 Å². The second-order valence-corrected chi connectivity index (χ2v) is 8.79. The average molecular weight is 453 g/mol. The lowest BCUT2D eigenvalue weighted by Gasteiger charge is -2.34. The van der Waals surface area contributed by atoms with Crippen LogP contribution in [0.5, 0.6) is 0 Å². The maximum Gasteiger partial charge on any atom is 0.339 e. The largest absolute Gasteiger partial charge is 0.454 e. The highest BCUT2D eigenvalue weighted by Gasteiger charge is 2.29. The Morgan fingerprint density at radius 3 is 2.35 bits per heavy atom. The molecule has 2 aliphatic rings. The number of hydrogen-bond donors (Lipinski definition) is 0. The van der Waals surface area contributed by atoms with Crippen LogP contribution in [0.3, 0.4) is 0 Å². The van der Waals surface area contributed by atoms with E-state index in [-0.39, 0.29) is 18.0 Å². The molecule has 2 aliphatic heterocycles. The van der Waals surface area contributed by atoms with Crippen molar-refractivity contribution in [2.75, 3.05) is 32.7 Å². The zero-order valence-electron chi connectivity index (χ0n) is 19.1. The summed E-state index contributed by atoms with van der Waals surface area (Å²) in [5.41, 5.74) is 4.23. The third-order valence-electron chi connectivity index (χ3n) is 6.53. The molecule has 2 heterocycles. The Morgan fingerprint density at radius 1 is 0.912 bits per heavy atom. The number of piperazine rings is 1. The fourth-order valence-electron chi connectivity index (χ4n) is 4.60. The van der Waals surface area contributed by atoms with Crippen LogP contribution < -0.4 is 0 Å². The molecule has 34 heavy (non-hydrogen) atoms. The SMILES string of the molecule is O=C1OC(c2ccccc2)Cc2cc(C(=O)N3CCN(C/C=C/c4ccccc4)CC3)ccc21. The van der Waals surface area contributed by atoms with Crippen LogP contribution in [0.25, 0.3) is 6.08 Å². The number of hydrogen-bond acceptors (Lipinski definition) is 4. The van der Waals surface area contributed by atoms with Gasteiger partial charge in [-0.3, -0.25) is 9.69 Å². The van der Waals surface area contributed by atoms with Gasteiger partial charge in [0.1, 0.15) is 6.10 Å². The van der Waals surface area contributed by atoms with E-state index in [0.29, 0.717) is 30.6 Å². The minimum atomic E-state index is -0.328. The van der Waals surface area contributed by atoms with E-state index in [1.807, 2.05) is 59.5 Å². The molecule has 1 fully saturated rings. The Balaban J connectivity index is 1.20. The van der Waals surface area contributed by atoms with Crippen LogP contribution in [0.2, 0.25) is 0 Å². The highest BCUT2D eigenvalue weighted by molar-refractivity contribution is 5.98. The number of carbonyl (C=O) groups is 2. The average Bonchev–Trinajstić information content (AvgIpc) is 2.89. The Kier molecular flexibility index (Phi) is 6.54. The van der Waals surface area contributed by atoms with Crippen LogP contribution in [-0.4, -0.2) is 54.4 Å². The zero-order valence-corrected chi connectivity index (χ0v) is 19.1. The predicted molar refractivity (Wildman–Crippen MR) is 133 cm³/mol. The van der Waals surface area contributed by atoms with E-state index < -0.39 is 0 Å². The van der Waals surface area contributed by atoms with Crippen molar-refractivity contribution in [3.8, 4) is 0 Å². The molecule has 5 heteroatoms. The summed E-state index contributed by atoms with van der Waals surface area (Å²) in [5.74, 6) is -0.302. The molecule has 1 atom stereocenters. The number of nitrogens with zero attached hydrogens (tertiary/aromatic N) is 2. The van der Waals surface area contributed by atoms with Crippen LogP contribution in [0.15, 0.2) is 84.9 Å². The maximum absolute atomic E-state index is 13.2. The first-order valence-electron chi connectivity index (χ1n) is 11.8. The van der Waals surface area contributed by atoms with Gasteiger partial charge in [-0.1, -0.05) is 72.8 Å². The molecular weight excluding hydrogens is 424 g/mol. The van der Waals surface area contributed by atoms with Crippen molar-refractivity contribution in [2.24, 2.45) is 0 Å². The van der Waals surface area contributed by atoms with Crippen LogP contribution >= 0.6 is 0 Å². The lowest BCUT2D eigenvalue weighted by molar-refractivity contribution is 0.0252. The van der Waals surface area contributed by atoms with Crippen molar-refractivity contribution in [3.05, 3.63) is 113 Å². The van der Waals surface area contributed by atoms with E-state index >= 15 is 0 Å². The quantitative estimate of drug-likeness (QED) is 0.531. The Hall–Kier alpha value is -3.70. The van der Waals surface area contributed by atoms with E-state index in [1.165, 1.54) is 5.56 Å². The molecule has 3 aromatic carbocycles. The van der Waals surface area contributed by atoms with Gasteiger partial charge >= 0.3 is 5.97 Å². The van der Waals surface area contributed by atoms with Crippen LogP contribution in [0.1, 0.15) is 43.5 Å². The predicted octanol–water partition coefficient (Wildman–Crippen LogP) is 4.61. The van der Waals surface area contributed by atoms with Gasteiger partial charge in [-0.05, 0) is 34.9 Å². The Morgan fingerprint density at radius 2 is 1.62 bits per heavy atom. The minimum absolute atomic E-state index is 0.0254. The summed E-state index contributed by atoms with van der Waals surface area (Å²) in [6.07, 6.45) is 4.57. The molecule has 1 amide bonds. The van der Waals surface area contributed by atoms with Crippen molar-refractivity contribution < 1.29 is 14.3 Å². The van der Waals surface area contributed by atoms with Crippen LogP contribution in [0.4, 0.5) is 0 Å². The van der Waals surface area contributed by atoms with E-state index in [4.69, 9.17) is 4.74 Å². The van der Waals surface area contributed by atoms with Gasteiger partial charge in [0, 0.05) is 44.7 Å². The number of esters is 1. The monoisotopic (exact) mass is 452 g/mol. The van der Waals surface area contributed by atoms with Crippen LogP contribution in [-0.2, 0) is 11.2 Å². The first kappa shape index (κ1) is 22.1. The van der Waals surface area contributed by atoms with Crippen molar-refractivity contribution in [1.82, 2.24) is 9.80 Å². The molecule has 5 nitrogen and oxygen atoms in total. The summed E-state index contributed by atoms with van der Waals surface area (Å²) in [6, 6.07) is 25.4. The van der Waals surface area contributed by atoms with Gasteiger partial charge in [-0.2, -0.15) is 0 Å².